The number of amides is 7. The molecule has 0 spiro atoms. The van der Waals surface area contributed by atoms with E-state index in [1.165, 1.54) is 25.6 Å². The Balaban J connectivity index is 3.15. The summed E-state index contributed by atoms with van der Waals surface area (Å²) in [7, 11) is 0. The molecule has 0 aromatic rings. The summed E-state index contributed by atoms with van der Waals surface area (Å²) in [4.78, 5) is 133. The van der Waals surface area contributed by atoms with Gasteiger partial charge < -0.3 is 69.3 Å². The van der Waals surface area contributed by atoms with Gasteiger partial charge in [-0.2, -0.15) is 11.8 Å². The Bertz CT molecular complexity index is 1650. The summed E-state index contributed by atoms with van der Waals surface area (Å²) in [5, 5.41) is 42.8. The summed E-state index contributed by atoms with van der Waals surface area (Å²) in [5.41, 5.74) is 16.7. The zero-order chi connectivity index (χ0) is 47.3. The van der Waals surface area contributed by atoms with Crippen LogP contribution in [0.5, 0.6) is 0 Å². The highest BCUT2D eigenvalue weighted by molar-refractivity contribution is 7.98. The van der Waals surface area contributed by atoms with Gasteiger partial charge >= 0.3 is 17.9 Å². The van der Waals surface area contributed by atoms with Crippen molar-refractivity contribution in [3.05, 3.63) is 0 Å². The number of nitrogens with one attached hydrogen (secondary N) is 6. The van der Waals surface area contributed by atoms with Crippen LogP contribution >= 0.6 is 11.8 Å². The third-order valence-electron chi connectivity index (χ3n) is 9.66. The monoisotopic (exact) mass is 901 g/mol. The fourth-order valence-electron chi connectivity index (χ4n) is 6.11. The highest BCUT2D eigenvalue weighted by atomic mass is 32.2. The summed E-state index contributed by atoms with van der Waals surface area (Å²) in [6.07, 6.45) is 0.774. The van der Waals surface area contributed by atoms with Crippen LogP contribution in [0.2, 0.25) is 0 Å². The second kappa shape index (κ2) is 27.3. The van der Waals surface area contributed by atoms with Gasteiger partial charge in [-0.3, -0.25) is 48.1 Å². The number of aliphatic carboxylic acids is 3. The van der Waals surface area contributed by atoms with Crippen molar-refractivity contribution < 1.29 is 63.3 Å². The summed E-state index contributed by atoms with van der Waals surface area (Å²) in [6.45, 7) is 5.87. The number of aliphatic imine (C=N–C) groups is 1. The average Bonchev–Trinajstić information content (AvgIpc) is 3.69. The molecule has 1 heterocycles. The molecule has 1 fully saturated rings. The molecular formula is C37H63N11O13S. The number of rotatable bonds is 28. The second-order valence-electron chi connectivity index (χ2n) is 15.1. The lowest BCUT2D eigenvalue weighted by molar-refractivity contribution is -0.146. The number of nitrogens with two attached hydrogens (primary N) is 3. The van der Waals surface area contributed by atoms with E-state index in [2.05, 4.69) is 36.9 Å². The van der Waals surface area contributed by atoms with Crippen molar-refractivity contribution >= 4 is 77.0 Å². The van der Waals surface area contributed by atoms with Crippen molar-refractivity contribution in [2.45, 2.75) is 134 Å². The van der Waals surface area contributed by atoms with Gasteiger partial charge in [-0.25, -0.2) is 4.79 Å². The Hall–Kier alpha value is -5.72. The Kier molecular flexibility index (Phi) is 23.9. The van der Waals surface area contributed by atoms with Crippen molar-refractivity contribution in [3.63, 3.8) is 0 Å². The van der Waals surface area contributed by atoms with Gasteiger partial charge in [0.1, 0.15) is 42.3 Å². The van der Waals surface area contributed by atoms with Gasteiger partial charge in [-0.15, -0.1) is 0 Å². The van der Waals surface area contributed by atoms with Crippen molar-refractivity contribution in [1.82, 2.24) is 36.8 Å². The fourth-order valence-corrected chi connectivity index (χ4v) is 6.60. The lowest BCUT2D eigenvalue weighted by Crippen LogP contribution is -2.59. The predicted molar refractivity (Wildman–Crippen MR) is 225 cm³/mol. The zero-order valence-electron chi connectivity index (χ0n) is 35.6. The molecule has 25 heteroatoms. The predicted octanol–water partition coefficient (Wildman–Crippen LogP) is -3.47. The van der Waals surface area contributed by atoms with Gasteiger partial charge in [0.25, 0.3) is 0 Å². The molecule has 0 aromatic carbocycles. The Labute approximate surface area is 363 Å². The van der Waals surface area contributed by atoms with Gasteiger partial charge in [-0.05, 0) is 76.7 Å². The highest BCUT2D eigenvalue weighted by Gasteiger charge is 2.40. The lowest BCUT2D eigenvalue weighted by atomic mass is 10.0. The molecular weight excluding hydrogens is 839 g/mol. The molecule has 24 nitrogen and oxygen atoms in total. The zero-order valence-corrected chi connectivity index (χ0v) is 36.5. The summed E-state index contributed by atoms with van der Waals surface area (Å²) in [6, 6.07) is -10.3. The summed E-state index contributed by atoms with van der Waals surface area (Å²) in [5.74, 6) is -9.91. The minimum Gasteiger partial charge on any atom is -0.481 e. The average molecular weight is 902 g/mol. The van der Waals surface area contributed by atoms with E-state index in [1.54, 1.807) is 13.8 Å². The number of carbonyl (C=O) groups excluding carboxylic acids is 7. The Morgan fingerprint density at radius 2 is 1.19 bits per heavy atom. The second-order valence-corrected chi connectivity index (χ2v) is 16.1. The molecule has 350 valence electrons. The third kappa shape index (κ3) is 19.3. The standard InChI is InChI=1S/C37H63N11O13S/c1-18(2)28(36(60)61)47-34(58)25-9-7-16-48(25)35(59)24(11-13-27(51)52)46-33(57)23(10-12-26(49)50)44-30(54)20(4)42-29(53)19(3)43-32(56)22(8-6-15-41-37(39)40)45-31(55)21(38)14-17-62-5/h18-25,28H,6-17,38H2,1-5H3,(H,42,53)(H,43,56)(H,44,54)(H,45,55)(H,46,57)(H,47,58)(H,49,50)(H,51,52)(H,60,61)(H4,39,40,41)/t19-,20-,21-,22-,23-,24-,25-,28-/m0/s1. The van der Waals surface area contributed by atoms with Crippen LogP contribution in [-0.2, 0) is 47.9 Å². The molecule has 1 aliphatic heterocycles. The first-order valence-electron chi connectivity index (χ1n) is 20.1. The first-order chi connectivity index (χ1) is 29.0. The Morgan fingerprint density at radius 3 is 1.73 bits per heavy atom. The van der Waals surface area contributed by atoms with E-state index in [9.17, 15) is 63.3 Å². The van der Waals surface area contributed by atoms with E-state index in [1.807, 2.05) is 6.26 Å². The normalized spacial score (nSPS) is 16.8. The number of likely N-dealkylation sites (tertiary alicyclic amines) is 1. The molecule has 0 saturated carbocycles. The van der Waals surface area contributed by atoms with E-state index in [0.29, 0.717) is 18.6 Å². The first-order valence-corrected chi connectivity index (χ1v) is 21.5. The van der Waals surface area contributed by atoms with E-state index >= 15 is 0 Å². The maximum Gasteiger partial charge on any atom is 0.326 e. The molecule has 7 amide bonds. The number of carbonyl (C=O) groups is 10. The fraction of sp³-hybridized carbons (Fsp3) is 0.703. The number of guanidine groups is 1. The third-order valence-corrected chi connectivity index (χ3v) is 10.3. The maximum atomic E-state index is 13.8. The van der Waals surface area contributed by atoms with Crippen LogP contribution in [0.1, 0.15) is 85.5 Å². The molecule has 62 heavy (non-hydrogen) atoms. The van der Waals surface area contributed by atoms with Crippen molar-refractivity contribution in [2.24, 2.45) is 28.1 Å². The molecule has 1 aliphatic rings. The van der Waals surface area contributed by atoms with Crippen LogP contribution in [0.15, 0.2) is 4.99 Å². The minimum absolute atomic E-state index is 0.0201. The van der Waals surface area contributed by atoms with E-state index in [-0.39, 0.29) is 38.3 Å². The van der Waals surface area contributed by atoms with Gasteiger partial charge in [0.15, 0.2) is 5.96 Å². The SMILES string of the molecule is CSCC[C@H](N)C(=O)N[C@@H](CCCN=C(N)N)C(=O)N[C@@H](C)C(=O)N[C@@H](C)C(=O)N[C@@H](CCC(=O)O)C(=O)N[C@@H](CCC(=O)O)C(=O)N1CCC[C@H]1C(=O)N[C@H](C(=O)O)C(C)C. The minimum atomic E-state index is -1.62. The van der Waals surface area contributed by atoms with Crippen LogP contribution in [-0.4, -0.2) is 159 Å². The van der Waals surface area contributed by atoms with Crippen molar-refractivity contribution in [1.29, 1.82) is 0 Å². The van der Waals surface area contributed by atoms with Gasteiger partial charge in [0, 0.05) is 25.9 Å². The van der Waals surface area contributed by atoms with Gasteiger partial charge in [0.05, 0.1) is 6.04 Å². The maximum absolute atomic E-state index is 13.8. The number of carboxylic acids is 3. The molecule has 15 N–H and O–H groups in total. The largest absolute Gasteiger partial charge is 0.481 e. The quantitative estimate of drug-likeness (QED) is 0.0206. The highest BCUT2D eigenvalue weighted by Crippen LogP contribution is 2.21. The van der Waals surface area contributed by atoms with Gasteiger partial charge in [0.2, 0.25) is 41.4 Å². The van der Waals surface area contributed by atoms with E-state index < -0.39 is 139 Å². The first kappa shape index (κ1) is 54.3. The van der Waals surface area contributed by atoms with Crippen LogP contribution in [0.25, 0.3) is 0 Å². The van der Waals surface area contributed by atoms with Crippen LogP contribution in [0.3, 0.4) is 0 Å². The molecule has 0 radical (unpaired) electrons. The van der Waals surface area contributed by atoms with Crippen molar-refractivity contribution in [2.75, 3.05) is 25.1 Å². The topological polar surface area (TPSA) is 397 Å². The number of carboxylic acid groups (broad SMARTS) is 3. The lowest BCUT2D eigenvalue weighted by Gasteiger charge is -2.30. The Morgan fingerprint density at radius 1 is 0.694 bits per heavy atom. The summed E-state index contributed by atoms with van der Waals surface area (Å²) >= 11 is 1.48. The van der Waals surface area contributed by atoms with Gasteiger partial charge in [-0.1, -0.05) is 13.8 Å². The van der Waals surface area contributed by atoms with Crippen LogP contribution in [0.4, 0.5) is 0 Å². The van der Waals surface area contributed by atoms with E-state index in [4.69, 9.17) is 17.2 Å². The molecule has 0 aromatic heterocycles. The molecule has 1 saturated heterocycles. The van der Waals surface area contributed by atoms with Crippen molar-refractivity contribution in [3.8, 4) is 0 Å². The van der Waals surface area contributed by atoms with Crippen LogP contribution < -0.4 is 49.1 Å². The number of nitrogens with zero attached hydrogens (tertiary/aromatic N) is 2. The van der Waals surface area contributed by atoms with Crippen LogP contribution in [0, 0.1) is 5.92 Å². The molecule has 8 atom stereocenters. The smallest absolute Gasteiger partial charge is 0.326 e. The molecule has 0 unspecified atom stereocenters. The molecule has 0 bridgehead atoms. The summed E-state index contributed by atoms with van der Waals surface area (Å²) < 4.78 is 0. The number of hydrogen-bond acceptors (Lipinski definition) is 13. The number of hydrogen-bond donors (Lipinski definition) is 12. The van der Waals surface area contributed by atoms with E-state index in [0.717, 1.165) is 4.90 Å². The molecule has 0 aliphatic carbocycles. The molecule has 1 rings (SSSR count). The number of thioether (sulfide) groups is 1.